The third kappa shape index (κ3) is 1.37. The van der Waals surface area contributed by atoms with Gasteiger partial charge in [-0.15, -0.1) is 0 Å². The predicted molar refractivity (Wildman–Crippen MR) is 57.6 cm³/mol. The summed E-state index contributed by atoms with van der Waals surface area (Å²) < 4.78 is 2.09. The fraction of sp³-hybridized carbons (Fsp3) is 0.167. The highest BCUT2D eigenvalue weighted by molar-refractivity contribution is 5.90. The lowest BCUT2D eigenvalue weighted by Crippen LogP contribution is -1.76. The molecule has 2 rings (SSSR count). The van der Waals surface area contributed by atoms with Gasteiger partial charge in [0.2, 0.25) is 0 Å². The van der Waals surface area contributed by atoms with Crippen LogP contribution in [-0.2, 0) is 7.05 Å². The van der Waals surface area contributed by atoms with E-state index in [1.807, 2.05) is 6.92 Å². The predicted octanol–water partition coefficient (Wildman–Crippen LogP) is 3.21. The van der Waals surface area contributed by atoms with Crippen molar-refractivity contribution in [2.24, 2.45) is 7.05 Å². The number of hydrogen-bond acceptors (Lipinski definition) is 0. The van der Waals surface area contributed by atoms with Crippen LogP contribution in [0.5, 0.6) is 0 Å². The van der Waals surface area contributed by atoms with E-state index >= 15 is 0 Å². The van der Waals surface area contributed by atoms with Crippen molar-refractivity contribution in [3.63, 3.8) is 0 Å². The molecule has 0 saturated carbocycles. The number of nitrogens with zero attached hydrogens (tertiary/aromatic N) is 1. The molecule has 1 heterocycles. The van der Waals surface area contributed by atoms with E-state index in [2.05, 4.69) is 54.4 Å². The summed E-state index contributed by atoms with van der Waals surface area (Å²) in [6.07, 6.45) is 8.51. The Kier molecular flexibility index (Phi) is 1.93. The highest BCUT2D eigenvalue weighted by Crippen LogP contribution is 2.20. The number of allylic oxidation sites excluding steroid dienone is 1. The molecule has 66 valence electrons. The van der Waals surface area contributed by atoms with Crippen molar-refractivity contribution >= 4 is 16.8 Å². The van der Waals surface area contributed by atoms with Gasteiger partial charge in [0.15, 0.2) is 0 Å². The zero-order valence-electron chi connectivity index (χ0n) is 7.99. The molecule has 0 atom stereocenters. The van der Waals surface area contributed by atoms with Crippen molar-refractivity contribution < 1.29 is 0 Å². The van der Waals surface area contributed by atoms with Crippen molar-refractivity contribution in [2.75, 3.05) is 0 Å². The molecule has 2 aromatic rings. The first kappa shape index (κ1) is 8.11. The number of rotatable bonds is 1. The van der Waals surface area contributed by atoms with E-state index in [1.165, 1.54) is 16.3 Å². The number of aromatic nitrogens is 1. The Bertz CT molecular complexity index is 449. The first-order chi connectivity index (χ1) is 6.31. The molecule has 0 spiro atoms. The third-order valence-electron chi connectivity index (χ3n) is 2.20. The largest absolute Gasteiger partial charge is 0.356 e. The lowest BCUT2D eigenvalue weighted by atomic mass is 10.1. The average Bonchev–Trinajstić information content (AvgIpc) is 2.47. The molecule has 0 aliphatic rings. The Morgan fingerprint density at radius 1 is 1.23 bits per heavy atom. The van der Waals surface area contributed by atoms with Crippen molar-refractivity contribution in [3.8, 4) is 0 Å². The van der Waals surface area contributed by atoms with Gasteiger partial charge in [0.25, 0.3) is 0 Å². The van der Waals surface area contributed by atoms with E-state index in [0.717, 1.165) is 0 Å². The SMILES string of the molecule is CC=Cc1cccc2cn(C)cc12. The van der Waals surface area contributed by atoms with Gasteiger partial charge >= 0.3 is 0 Å². The van der Waals surface area contributed by atoms with Crippen molar-refractivity contribution in [2.45, 2.75) is 6.92 Å². The molecule has 1 aromatic heterocycles. The highest BCUT2D eigenvalue weighted by atomic mass is 14.9. The van der Waals surface area contributed by atoms with Gasteiger partial charge in [-0.25, -0.2) is 0 Å². The molecule has 13 heavy (non-hydrogen) atoms. The Labute approximate surface area is 78.3 Å². The summed E-state index contributed by atoms with van der Waals surface area (Å²) in [6.45, 7) is 2.04. The number of fused-ring (bicyclic) bond motifs is 1. The van der Waals surface area contributed by atoms with Gasteiger partial charge in [0.05, 0.1) is 0 Å². The van der Waals surface area contributed by atoms with Crippen LogP contribution in [0.25, 0.3) is 16.8 Å². The summed E-state index contributed by atoms with van der Waals surface area (Å²) in [6, 6.07) is 6.38. The van der Waals surface area contributed by atoms with Gasteiger partial charge in [-0.1, -0.05) is 30.4 Å². The van der Waals surface area contributed by atoms with Crippen molar-refractivity contribution in [1.29, 1.82) is 0 Å². The van der Waals surface area contributed by atoms with Gasteiger partial charge in [-0.3, -0.25) is 0 Å². The minimum atomic E-state index is 1.29. The van der Waals surface area contributed by atoms with Crippen LogP contribution in [0.15, 0.2) is 36.7 Å². The third-order valence-corrected chi connectivity index (χ3v) is 2.20. The molecule has 1 heteroatoms. The minimum absolute atomic E-state index is 1.29. The summed E-state index contributed by atoms with van der Waals surface area (Å²) in [7, 11) is 2.06. The summed E-state index contributed by atoms with van der Waals surface area (Å²) in [5.41, 5.74) is 1.29. The molecule has 0 radical (unpaired) electrons. The maximum absolute atomic E-state index is 2.16. The smallest absolute Gasteiger partial charge is 0.0117 e. The van der Waals surface area contributed by atoms with Crippen LogP contribution in [0.4, 0.5) is 0 Å². The van der Waals surface area contributed by atoms with Crippen molar-refractivity contribution in [3.05, 3.63) is 42.2 Å². The van der Waals surface area contributed by atoms with E-state index in [-0.39, 0.29) is 0 Å². The quantitative estimate of drug-likeness (QED) is 0.621. The summed E-state index contributed by atoms with van der Waals surface area (Å²) in [5, 5.41) is 2.63. The van der Waals surface area contributed by atoms with E-state index < -0.39 is 0 Å². The second kappa shape index (κ2) is 3.09. The normalized spacial score (nSPS) is 11.5. The Morgan fingerprint density at radius 2 is 2.08 bits per heavy atom. The molecule has 0 saturated heterocycles. The van der Waals surface area contributed by atoms with Gasteiger partial charge in [0.1, 0.15) is 0 Å². The number of hydrogen-bond donors (Lipinski definition) is 0. The number of aryl methyl sites for hydroxylation is 1. The molecule has 1 nitrogen and oxygen atoms in total. The lowest BCUT2D eigenvalue weighted by molar-refractivity contribution is 0.933. The molecule has 0 aliphatic heterocycles. The zero-order valence-corrected chi connectivity index (χ0v) is 7.99. The first-order valence-corrected chi connectivity index (χ1v) is 4.48. The monoisotopic (exact) mass is 171 g/mol. The van der Waals surface area contributed by atoms with Crippen LogP contribution >= 0.6 is 0 Å². The van der Waals surface area contributed by atoms with Gasteiger partial charge in [-0.05, 0) is 17.9 Å². The average molecular weight is 171 g/mol. The highest BCUT2D eigenvalue weighted by Gasteiger charge is 1.98. The van der Waals surface area contributed by atoms with E-state index in [4.69, 9.17) is 0 Å². The molecule has 0 amide bonds. The van der Waals surface area contributed by atoms with E-state index in [0.29, 0.717) is 0 Å². The van der Waals surface area contributed by atoms with Crippen LogP contribution in [-0.4, -0.2) is 4.57 Å². The molecular formula is C12H13N. The molecule has 0 bridgehead atoms. The van der Waals surface area contributed by atoms with Gasteiger partial charge < -0.3 is 4.57 Å². The van der Waals surface area contributed by atoms with E-state index in [9.17, 15) is 0 Å². The second-order valence-electron chi connectivity index (χ2n) is 3.27. The summed E-state index contributed by atoms with van der Waals surface area (Å²) in [5.74, 6) is 0. The molecule has 0 fully saturated rings. The fourth-order valence-electron chi connectivity index (χ4n) is 1.65. The minimum Gasteiger partial charge on any atom is -0.356 e. The maximum atomic E-state index is 2.16. The summed E-state index contributed by atoms with van der Waals surface area (Å²) >= 11 is 0. The van der Waals surface area contributed by atoms with Gasteiger partial charge in [0, 0.05) is 24.8 Å². The van der Waals surface area contributed by atoms with Crippen molar-refractivity contribution in [1.82, 2.24) is 4.57 Å². The van der Waals surface area contributed by atoms with E-state index in [1.54, 1.807) is 0 Å². The van der Waals surface area contributed by atoms with Crippen LogP contribution in [0.2, 0.25) is 0 Å². The van der Waals surface area contributed by atoms with Crippen LogP contribution in [0.1, 0.15) is 12.5 Å². The molecule has 1 aromatic carbocycles. The van der Waals surface area contributed by atoms with Gasteiger partial charge in [-0.2, -0.15) is 0 Å². The van der Waals surface area contributed by atoms with Crippen LogP contribution in [0, 0.1) is 0 Å². The first-order valence-electron chi connectivity index (χ1n) is 4.48. The molecule has 0 unspecified atom stereocenters. The fourth-order valence-corrected chi connectivity index (χ4v) is 1.65. The van der Waals surface area contributed by atoms with Crippen LogP contribution < -0.4 is 0 Å². The lowest BCUT2D eigenvalue weighted by Gasteiger charge is -1.94. The Morgan fingerprint density at radius 3 is 2.85 bits per heavy atom. The number of benzene rings is 1. The standard InChI is InChI=1S/C12H13N/c1-3-5-10-6-4-7-11-8-13(2)9-12(10)11/h3-9H,1-2H3. The van der Waals surface area contributed by atoms with Crippen LogP contribution in [0.3, 0.4) is 0 Å². The second-order valence-corrected chi connectivity index (χ2v) is 3.27. The Balaban J connectivity index is 2.74. The topological polar surface area (TPSA) is 4.93 Å². The Hall–Kier alpha value is -1.50. The molecular weight excluding hydrogens is 158 g/mol. The molecule has 0 N–H and O–H groups in total. The zero-order chi connectivity index (χ0) is 9.26. The summed E-state index contributed by atoms with van der Waals surface area (Å²) in [4.78, 5) is 0. The maximum Gasteiger partial charge on any atom is 0.0117 e. The molecule has 0 aliphatic carbocycles.